The lowest BCUT2D eigenvalue weighted by molar-refractivity contribution is 0.0682. The van der Waals surface area contributed by atoms with Crippen LogP contribution in [-0.4, -0.2) is 28.9 Å². The Morgan fingerprint density at radius 3 is 2.89 bits per heavy atom. The van der Waals surface area contributed by atoms with E-state index in [1.165, 1.54) is 19.3 Å². The molecule has 1 aliphatic carbocycles. The number of aromatic nitrogens is 1. The molecule has 0 radical (unpaired) electrons. The van der Waals surface area contributed by atoms with Gasteiger partial charge < -0.3 is 4.90 Å². The van der Waals surface area contributed by atoms with Crippen molar-refractivity contribution in [2.45, 2.75) is 38.5 Å². The van der Waals surface area contributed by atoms with Crippen LogP contribution >= 0.6 is 15.9 Å². The lowest BCUT2D eigenvalue weighted by Crippen LogP contribution is -2.39. The van der Waals surface area contributed by atoms with Gasteiger partial charge in [0, 0.05) is 35.4 Å². The molecule has 1 aromatic heterocycles. The first-order chi connectivity index (χ1) is 9.15. The first-order valence-electron chi connectivity index (χ1n) is 7.10. The van der Waals surface area contributed by atoms with Gasteiger partial charge in [-0.25, -0.2) is 0 Å². The largest absolute Gasteiger partial charge is 0.338 e. The Balaban J connectivity index is 1.83. The van der Waals surface area contributed by atoms with Crippen LogP contribution in [-0.2, 0) is 0 Å². The Morgan fingerprint density at radius 1 is 1.42 bits per heavy atom. The topological polar surface area (TPSA) is 33.2 Å². The Morgan fingerprint density at radius 2 is 2.21 bits per heavy atom. The van der Waals surface area contributed by atoms with Crippen LogP contribution < -0.4 is 0 Å². The van der Waals surface area contributed by atoms with Gasteiger partial charge in [-0.15, -0.1) is 0 Å². The molecule has 3 nitrogen and oxygen atoms in total. The standard InChI is InChI=1S/C15H19BrN2O/c1-10-3-2-6-18(9-10)15(19)12-7-14(11-4-5-11)17-8-13(12)16/h7-8,10-11H,2-6,9H2,1H3. The van der Waals surface area contributed by atoms with Crippen molar-refractivity contribution >= 4 is 21.8 Å². The first-order valence-corrected chi connectivity index (χ1v) is 7.89. The van der Waals surface area contributed by atoms with Gasteiger partial charge in [0.2, 0.25) is 0 Å². The van der Waals surface area contributed by atoms with E-state index in [1.807, 2.05) is 11.0 Å². The smallest absolute Gasteiger partial charge is 0.255 e. The summed E-state index contributed by atoms with van der Waals surface area (Å²) in [6.45, 7) is 3.99. The van der Waals surface area contributed by atoms with Crippen molar-refractivity contribution in [2.24, 2.45) is 5.92 Å². The molecule has 102 valence electrons. The average molecular weight is 323 g/mol. The molecule has 0 aromatic carbocycles. The molecule has 1 atom stereocenters. The number of amides is 1. The number of piperidine rings is 1. The fourth-order valence-corrected chi connectivity index (χ4v) is 3.15. The fraction of sp³-hybridized carbons (Fsp3) is 0.600. The number of carbonyl (C=O) groups is 1. The van der Waals surface area contributed by atoms with Crippen molar-refractivity contribution in [1.82, 2.24) is 9.88 Å². The van der Waals surface area contributed by atoms with Crippen molar-refractivity contribution < 1.29 is 4.79 Å². The van der Waals surface area contributed by atoms with E-state index in [2.05, 4.69) is 27.8 Å². The highest BCUT2D eigenvalue weighted by molar-refractivity contribution is 9.10. The Bertz CT molecular complexity index is 499. The predicted octanol–water partition coefficient (Wildman–Crippen LogP) is 3.59. The number of hydrogen-bond acceptors (Lipinski definition) is 2. The zero-order valence-corrected chi connectivity index (χ0v) is 12.8. The number of halogens is 1. The normalized spacial score (nSPS) is 23.5. The van der Waals surface area contributed by atoms with Crippen molar-refractivity contribution in [3.63, 3.8) is 0 Å². The highest BCUT2D eigenvalue weighted by atomic mass is 79.9. The molecule has 2 aliphatic rings. The summed E-state index contributed by atoms with van der Waals surface area (Å²) in [7, 11) is 0. The minimum absolute atomic E-state index is 0.155. The Hall–Kier alpha value is -0.900. The molecule has 4 heteroatoms. The minimum Gasteiger partial charge on any atom is -0.338 e. The third-order valence-electron chi connectivity index (χ3n) is 4.05. The zero-order valence-electron chi connectivity index (χ0n) is 11.2. The molecular formula is C15H19BrN2O. The van der Waals surface area contributed by atoms with Gasteiger partial charge in [-0.1, -0.05) is 6.92 Å². The zero-order chi connectivity index (χ0) is 13.4. The highest BCUT2D eigenvalue weighted by Crippen LogP contribution is 2.39. The van der Waals surface area contributed by atoms with E-state index >= 15 is 0 Å². The summed E-state index contributed by atoms with van der Waals surface area (Å²) >= 11 is 3.47. The van der Waals surface area contributed by atoms with E-state index in [1.54, 1.807) is 6.20 Å². The third kappa shape index (κ3) is 2.83. The van der Waals surface area contributed by atoms with Gasteiger partial charge >= 0.3 is 0 Å². The molecule has 1 unspecified atom stereocenters. The molecule has 1 amide bonds. The van der Waals surface area contributed by atoms with E-state index in [0.717, 1.165) is 35.2 Å². The van der Waals surface area contributed by atoms with Crippen molar-refractivity contribution in [1.29, 1.82) is 0 Å². The van der Waals surface area contributed by atoms with Gasteiger partial charge in [-0.3, -0.25) is 9.78 Å². The van der Waals surface area contributed by atoms with Gasteiger partial charge in [0.05, 0.1) is 5.56 Å². The summed E-state index contributed by atoms with van der Waals surface area (Å²) in [5.41, 5.74) is 1.86. The second-order valence-electron chi connectivity index (χ2n) is 5.86. The van der Waals surface area contributed by atoms with E-state index in [9.17, 15) is 4.79 Å². The van der Waals surface area contributed by atoms with Crippen LogP contribution in [0.5, 0.6) is 0 Å². The molecule has 1 aromatic rings. The maximum absolute atomic E-state index is 12.6. The van der Waals surface area contributed by atoms with Gasteiger partial charge in [-0.05, 0) is 53.6 Å². The Kier molecular flexibility index (Phi) is 3.61. The van der Waals surface area contributed by atoms with Crippen LogP contribution in [0.1, 0.15) is 54.6 Å². The molecule has 1 saturated heterocycles. The second-order valence-corrected chi connectivity index (χ2v) is 6.72. The number of hydrogen-bond donors (Lipinski definition) is 0. The Labute approximate surface area is 122 Å². The van der Waals surface area contributed by atoms with E-state index < -0.39 is 0 Å². The molecule has 0 bridgehead atoms. The van der Waals surface area contributed by atoms with Crippen LogP contribution in [0.2, 0.25) is 0 Å². The molecule has 1 aliphatic heterocycles. The second kappa shape index (κ2) is 5.23. The monoisotopic (exact) mass is 322 g/mol. The lowest BCUT2D eigenvalue weighted by atomic mass is 9.99. The molecule has 1 saturated carbocycles. The molecule has 3 rings (SSSR count). The summed E-state index contributed by atoms with van der Waals surface area (Å²) < 4.78 is 0.820. The summed E-state index contributed by atoms with van der Waals surface area (Å²) in [4.78, 5) is 19.0. The van der Waals surface area contributed by atoms with Gasteiger partial charge in [0.1, 0.15) is 0 Å². The predicted molar refractivity (Wildman–Crippen MR) is 78.2 cm³/mol. The van der Waals surface area contributed by atoms with Crippen LogP contribution in [0.25, 0.3) is 0 Å². The van der Waals surface area contributed by atoms with Crippen LogP contribution in [0.3, 0.4) is 0 Å². The highest BCUT2D eigenvalue weighted by Gasteiger charge is 2.28. The van der Waals surface area contributed by atoms with Crippen LogP contribution in [0, 0.1) is 5.92 Å². The summed E-state index contributed by atoms with van der Waals surface area (Å²) in [6, 6.07) is 1.99. The van der Waals surface area contributed by atoms with E-state index in [4.69, 9.17) is 0 Å². The number of rotatable bonds is 2. The van der Waals surface area contributed by atoms with E-state index in [0.29, 0.717) is 11.8 Å². The minimum atomic E-state index is 0.155. The number of nitrogens with zero attached hydrogens (tertiary/aromatic N) is 2. The molecule has 2 heterocycles. The van der Waals surface area contributed by atoms with Crippen molar-refractivity contribution in [3.05, 3.63) is 28.0 Å². The molecule has 0 spiro atoms. The SMILES string of the molecule is CC1CCCN(C(=O)c2cc(C3CC3)ncc2Br)C1. The van der Waals surface area contributed by atoms with Crippen molar-refractivity contribution in [3.8, 4) is 0 Å². The number of pyridine rings is 1. The lowest BCUT2D eigenvalue weighted by Gasteiger charge is -2.31. The first kappa shape index (κ1) is 13.1. The van der Waals surface area contributed by atoms with Crippen LogP contribution in [0.4, 0.5) is 0 Å². The summed E-state index contributed by atoms with van der Waals surface area (Å²) in [6.07, 6.45) is 6.56. The van der Waals surface area contributed by atoms with Gasteiger partial charge in [0.15, 0.2) is 0 Å². The van der Waals surface area contributed by atoms with Gasteiger partial charge in [0.25, 0.3) is 5.91 Å². The molecule has 2 fully saturated rings. The molecule has 19 heavy (non-hydrogen) atoms. The maximum Gasteiger partial charge on any atom is 0.255 e. The molecular weight excluding hydrogens is 304 g/mol. The summed E-state index contributed by atoms with van der Waals surface area (Å²) in [5.74, 6) is 1.35. The molecule has 0 N–H and O–H groups in total. The van der Waals surface area contributed by atoms with Gasteiger partial charge in [-0.2, -0.15) is 0 Å². The third-order valence-corrected chi connectivity index (χ3v) is 4.68. The average Bonchev–Trinajstić information content (AvgIpc) is 3.23. The number of carbonyl (C=O) groups excluding carboxylic acids is 1. The number of likely N-dealkylation sites (tertiary alicyclic amines) is 1. The van der Waals surface area contributed by atoms with Crippen LogP contribution in [0.15, 0.2) is 16.7 Å². The quantitative estimate of drug-likeness (QED) is 0.833. The maximum atomic E-state index is 12.6. The summed E-state index contributed by atoms with van der Waals surface area (Å²) in [5, 5.41) is 0. The van der Waals surface area contributed by atoms with E-state index in [-0.39, 0.29) is 5.91 Å². The van der Waals surface area contributed by atoms with Crippen molar-refractivity contribution in [2.75, 3.05) is 13.1 Å². The fourth-order valence-electron chi connectivity index (χ4n) is 2.77.